The Morgan fingerprint density at radius 2 is 1.57 bits per heavy atom. The molecular formula is C23H19ClO5S. The molecule has 4 rings (SSSR count). The molecule has 1 heterocycles. The number of ether oxygens (including phenoxy) is 2. The lowest BCUT2D eigenvalue weighted by Crippen LogP contribution is -2.15. The van der Waals surface area contributed by atoms with Gasteiger partial charge in [-0.25, -0.2) is 4.79 Å². The number of carboxylic acids is 1. The Balaban J connectivity index is 1.79. The molecule has 0 aromatic heterocycles. The Bertz CT molecular complexity index is 1100. The van der Waals surface area contributed by atoms with Gasteiger partial charge in [-0.15, -0.1) is 0 Å². The number of halogens is 1. The number of carbonyl (C=O) groups is 2. The third-order valence-corrected chi connectivity index (χ3v) is 9.30. The van der Waals surface area contributed by atoms with Crippen LogP contribution in [0.1, 0.15) is 5.56 Å². The first kappa shape index (κ1) is 20.3. The van der Waals surface area contributed by atoms with E-state index in [2.05, 4.69) is 12.1 Å². The van der Waals surface area contributed by atoms with E-state index in [0.29, 0.717) is 11.3 Å². The van der Waals surface area contributed by atoms with E-state index in [0.717, 1.165) is 25.8 Å². The van der Waals surface area contributed by atoms with Gasteiger partial charge in [-0.2, -0.15) is 0 Å². The molecule has 1 aliphatic rings. The predicted octanol–water partition coefficient (Wildman–Crippen LogP) is 5.28. The van der Waals surface area contributed by atoms with Crippen molar-refractivity contribution in [2.75, 3.05) is 13.7 Å². The van der Waals surface area contributed by atoms with Gasteiger partial charge in [0, 0.05) is 20.2 Å². The van der Waals surface area contributed by atoms with Crippen LogP contribution in [0.4, 0.5) is 0 Å². The quantitative estimate of drug-likeness (QED) is 0.525. The number of esters is 1. The van der Waals surface area contributed by atoms with Gasteiger partial charge >= 0.3 is 11.9 Å². The topological polar surface area (TPSA) is 72.8 Å². The van der Waals surface area contributed by atoms with Crippen molar-refractivity contribution in [3.63, 3.8) is 0 Å². The zero-order valence-corrected chi connectivity index (χ0v) is 17.7. The molecule has 0 fully saturated rings. The molecule has 0 aliphatic carbocycles. The highest BCUT2D eigenvalue weighted by atomic mass is 35.7. The van der Waals surface area contributed by atoms with Gasteiger partial charge < -0.3 is 14.6 Å². The van der Waals surface area contributed by atoms with Crippen molar-refractivity contribution in [3.8, 4) is 16.9 Å². The SMILES string of the molecule is COc1ccc(S2(Cl)c3ccccc3-c3ccccc32)cc1CC(=O)OCC(=O)O. The van der Waals surface area contributed by atoms with Gasteiger partial charge in [-0.1, -0.05) is 56.3 Å². The van der Waals surface area contributed by atoms with Crippen LogP contribution in [0.15, 0.2) is 81.4 Å². The molecule has 3 aromatic carbocycles. The average Bonchev–Trinajstić information content (AvgIpc) is 3.02. The highest BCUT2D eigenvalue weighted by Crippen LogP contribution is 2.79. The maximum atomic E-state index is 12.1. The summed E-state index contributed by atoms with van der Waals surface area (Å²) in [4.78, 5) is 25.8. The van der Waals surface area contributed by atoms with Gasteiger partial charge in [-0.05, 0) is 41.5 Å². The summed E-state index contributed by atoms with van der Waals surface area (Å²) >= 11 is 0. The smallest absolute Gasteiger partial charge is 0.341 e. The summed E-state index contributed by atoms with van der Waals surface area (Å²) in [7, 11) is 6.89. The first-order valence-electron chi connectivity index (χ1n) is 9.21. The van der Waals surface area contributed by atoms with E-state index in [4.69, 9.17) is 25.3 Å². The van der Waals surface area contributed by atoms with E-state index in [-0.39, 0.29) is 6.42 Å². The van der Waals surface area contributed by atoms with Crippen LogP contribution in [0.5, 0.6) is 5.75 Å². The van der Waals surface area contributed by atoms with Crippen LogP contribution in [-0.2, 0) is 20.7 Å². The van der Waals surface area contributed by atoms with Crippen LogP contribution in [0.25, 0.3) is 11.1 Å². The van der Waals surface area contributed by atoms with E-state index < -0.39 is 27.8 Å². The summed E-state index contributed by atoms with van der Waals surface area (Å²) in [5, 5.41) is 8.72. The van der Waals surface area contributed by atoms with Crippen molar-refractivity contribution < 1.29 is 24.2 Å². The molecule has 1 aliphatic heterocycles. The summed E-state index contributed by atoms with van der Waals surface area (Å²) in [5.41, 5.74) is 2.81. The van der Waals surface area contributed by atoms with Crippen LogP contribution in [-0.4, -0.2) is 30.8 Å². The maximum absolute atomic E-state index is 12.1. The summed E-state index contributed by atoms with van der Waals surface area (Å²) in [6.07, 6.45) is -0.111. The molecule has 1 N–H and O–H groups in total. The van der Waals surface area contributed by atoms with Crippen molar-refractivity contribution in [1.29, 1.82) is 0 Å². The summed E-state index contributed by atoms with van der Waals surface area (Å²) < 4.78 is 10.2. The number of hydrogen-bond acceptors (Lipinski definition) is 4. The normalized spacial score (nSPS) is 14.3. The fourth-order valence-corrected chi connectivity index (χ4v) is 7.55. The van der Waals surface area contributed by atoms with E-state index in [1.165, 1.54) is 7.11 Å². The van der Waals surface area contributed by atoms with Crippen molar-refractivity contribution in [3.05, 3.63) is 72.3 Å². The third-order valence-electron chi connectivity index (χ3n) is 4.94. The molecule has 0 saturated heterocycles. The lowest BCUT2D eigenvalue weighted by molar-refractivity contribution is -0.154. The molecule has 0 amide bonds. The zero-order chi connectivity index (χ0) is 21.3. The Kier molecular flexibility index (Phi) is 5.45. The molecule has 0 saturated carbocycles. The number of benzene rings is 3. The minimum Gasteiger partial charge on any atom is -0.496 e. The third kappa shape index (κ3) is 3.42. The fourth-order valence-electron chi connectivity index (χ4n) is 3.66. The number of carbonyl (C=O) groups excluding carboxylic acids is 1. The van der Waals surface area contributed by atoms with E-state index in [1.54, 1.807) is 6.07 Å². The Morgan fingerprint density at radius 1 is 0.967 bits per heavy atom. The number of hydrogen-bond donors (Lipinski definition) is 1. The summed E-state index contributed by atoms with van der Waals surface area (Å²) in [6, 6.07) is 21.7. The second-order valence-electron chi connectivity index (χ2n) is 6.73. The molecule has 7 heteroatoms. The number of rotatable bonds is 6. The van der Waals surface area contributed by atoms with E-state index >= 15 is 0 Å². The monoisotopic (exact) mass is 442 g/mol. The lowest BCUT2D eigenvalue weighted by atomic mass is 10.1. The standard InChI is InChI=1S/C23H19ClO5S/c1-28-19-11-10-16(12-15(19)13-23(27)29-14-22(25)26)30(24)20-8-4-2-6-17(20)18-7-3-5-9-21(18)30/h2-12H,13-14H2,1H3,(H,25,26). The number of fused-ring (bicyclic) bond motifs is 3. The van der Waals surface area contributed by atoms with Crippen LogP contribution >= 0.6 is 19.9 Å². The van der Waals surface area contributed by atoms with Gasteiger partial charge in [-0.3, -0.25) is 4.79 Å². The Morgan fingerprint density at radius 3 is 2.13 bits per heavy atom. The lowest BCUT2D eigenvalue weighted by Gasteiger charge is -2.31. The second-order valence-corrected chi connectivity index (χ2v) is 10.5. The minimum atomic E-state index is -2.04. The van der Waals surface area contributed by atoms with Crippen molar-refractivity contribution in [2.45, 2.75) is 21.1 Å². The van der Waals surface area contributed by atoms with Gasteiger partial charge in [0.15, 0.2) is 6.61 Å². The van der Waals surface area contributed by atoms with Crippen LogP contribution in [0.2, 0.25) is 0 Å². The number of carboxylic acid groups (broad SMARTS) is 1. The van der Waals surface area contributed by atoms with Crippen molar-refractivity contribution in [2.24, 2.45) is 0 Å². The Labute approximate surface area is 180 Å². The van der Waals surface area contributed by atoms with Crippen LogP contribution in [0, 0.1) is 0 Å². The fraction of sp³-hybridized carbons (Fsp3) is 0.130. The van der Waals surface area contributed by atoms with Gasteiger partial charge in [0.05, 0.1) is 13.5 Å². The largest absolute Gasteiger partial charge is 0.496 e. The van der Waals surface area contributed by atoms with E-state index in [9.17, 15) is 9.59 Å². The van der Waals surface area contributed by atoms with Crippen molar-refractivity contribution >= 4 is 31.9 Å². The molecule has 5 nitrogen and oxygen atoms in total. The molecule has 0 spiro atoms. The number of methoxy groups -OCH3 is 1. The molecule has 0 unspecified atom stereocenters. The van der Waals surface area contributed by atoms with Gasteiger partial charge in [0.25, 0.3) is 0 Å². The average molecular weight is 443 g/mol. The minimum absolute atomic E-state index is 0.111. The first-order chi connectivity index (χ1) is 14.4. The highest BCUT2D eigenvalue weighted by molar-refractivity contribution is 8.51. The molecule has 30 heavy (non-hydrogen) atoms. The molecule has 154 valence electrons. The number of aliphatic carboxylic acids is 1. The van der Waals surface area contributed by atoms with Crippen molar-refractivity contribution in [1.82, 2.24) is 0 Å². The maximum Gasteiger partial charge on any atom is 0.341 e. The van der Waals surface area contributed by atoms with Crippen LogP contribution < -0.4 is 4.74 Å². The van der Waals surface area contributed by atoms with Gasteiger partial charge in [0.2, 0.25) is 0 Å². The second kappa shape index (κ2) is 8.05. The zero-order valence-electron chi connectivity index (χ0n) is 16.1. The van der Waals surface area contributed by atoms with Gasteiger partial charge in [0.1, 0.15) is 5.75 Å². The molecule has 0 atom stereocenters. The molecular weight excluding hydrogens is 424 g/mol. The first-order valence-corrected chi connectivity index (χ1v) is 11.7. The van der Waals surface area contributed by atoms with Crippen LogP contribution in [0.3, 0.4) is 0 Å². The predicted molar refractivity (Wildman–Crippen MR) is 115 cm³/mol. The molecule has 3 aromatic rings. The summed E-state index contributed by atoms with van der Waals surface area (Å²) in [5.74, 6) is -1.32. The molecule has 0 radical (unpaired) electrons. The molecule has 0 bridgehead atoms. The summed E-state index contributed by atoms with van der Waals surface area (Å²) in [6.45, 7) is -0.674. The Hall–Kier alpha value is -2.96. The highest BCUT2D eigenvalue weighted by Gasteiger charge is 2.39. The van der Waals surface area contributed by atoms with E-state index in [1.807, 2.05) is 48.5 Å².